The fourth-order valence-electron chi connectivity index (χ4n) is 8.44. The van der Waals surface area contributed by atoms with E-state index in [4.69, 9.17) is 4.42 Å². The van der Waals surface area contributed by atoms with E-state index in [0.29, 0.717) is 0 Å². The average molecular weight is 654 g/mol. The van der Waals surface area contributed by atoms with Gasteiger partial charge in [-0.05, 0) is 75.2 Å². The predicted molar refractivity (Wildman–Crippen MR) is 214 cm³/mol. The van der Waals surface area contributed by atoms with Crippen molar-refractivity contribution in [2.75, 3.05) is 4.90 Å². The van der Waals surface area contributed by atoms with Gasteiger partial charge in [-0.2, -0.15) is 0 Å². The molecule has 1 aliphatic carbocycles. The molecule has 9 aromatic rings. The van der Waals surface area contributed by atoms with Gasteiger partial charge in [0.1, 0.15) is 11.2 Å². The Balaban J connectivity index is 1.17. The van der Waals surface area contributed by atoms with Gasteiger partial charge in [0.15, 0.2) is 0 Å². The Morgan fingerprint density at radius 3 is 1.86 bits per heavy atom. The van der Waals surface area contributed by atoms with Crippen molar-refractivity contribution in [2.24, 2.45) is 0 Å². The summed E-state index contributed by atoms with van der Waals surface area (Å²) in [4.78, 5) is 2.46. The number of hydrogen-bond donors (Lipinski definition) is 0. The molecule has 0 spiro atoms. The van der Waals surface area contributed by atoms with Gasteiger partial charge >= 0.3 is 0 Å². The Hall–Kier alpha value is -6.38. The van der Waals surface area contributed by atoms with E-state index in [1.54, 1.807) is 0 Å². The smallest absolute Gasteiger partial charge is 0.143 e. The van der Waals surface area contributed by atoms with Gasteiger partial charge < -0.3 is 9.32 Å². The lowest BCUT2D eigenvalue weighted by Crippen LogP contribution is -2.16. The Kier molecular flexibility index (Phi) is 6.56. The molecule has 10 rings (SSSR count). The first-order chi connectivity index (χ1) is 25.1. The number of fused-ring (bicyclic) bond motifs is 8. The van der Waals surface area contributed by atoms with E-state index in [9.17, 15) is 0 Å². The van der Waals surface area contributed by atoms with E-state index in [1.165, 1.54) is 55.6 Å². The lowest BCUT2D eigenvalue weighted by atomic mass is 9.82. The summed E-state index contributed by atoms with van der Waals surface area (Å²) in [6, 6.07) is 63.6. The van der Waals surface area contributed by atoms with Crippen molar-refractivity contribution in [2.45, 2.75) is 19.3 Å². The molecule has 2 nitrogen and oxygen atoms in total. The summed E-state index contributed by atoms with van der Waals surface area (Å²) in [5, 5.41) is 4.62. The van der Waals surface area contributed by atoms with Crippen molar-refractivity contribution in [3.8, 4) is 33.4 Å². The zero-order valence-electron chi connectivity index (χ0n) is 28.6. The number of hydrogen-bond acceptors (Lipinski definition) is 2. The maximum atomic E-state index is 6.42. The van der Waals surface area contributed by atoms with Crippen molar-refractivity contribution in [3.05, 3.63) is 187 Å². The zero-order valence-corrected chi connectivity index (χ0v) is 28.6. The van der Waals surface area contributed by atoms with Crippen LogP contribution in [-0.2, 0) is 5.41 Å². The number of para-hydroxylation sites is 2. The summed E-state index contributed by atoms with van der Waals surface area (Å²) in [5.41, 5.74) is 15.3. The summed E-state index contributed by atoms with van der Waals surface area (Å²) in [5.74, 6) is 0. The van der Waals surface area contributed by atoms with E-state index < -0.39 is 0 Å². The van der Waals surface area contributed by atoms with Crippen LogP contribution in [0.1, 0.15) is 25.0 Å². The standard InChI is InChI=1S/C49H35NO/c1-49(2)42-21-9-6-18-41(42)47-43(49)22-13-24-45(47)50(44-23-10-7-16-36(44)32-14-4-3-5-15-32)34-28-26-33(27-29-34)35-19-12-20-39-37(35)30-31-40-38-17-8-11-25-46(38)51-48(39)40/h3-31H,1-2H3. The second kappa shape index (κ2) is 11.3. The van der Waals surface area contributed by atoms with Crippen LogP contribution in [0.3, 0.4) is 0 Å². The van der Waals surface area contributed by atoms with Crippen LogP contribution in [0.25, 0.3) is 66.1 Å². The molecule has 0 radical (unpaired) electrons. The van der Waals surface area contributed by atoms with E-state index in [1.807, 2.05) is 12.1 Å². The molecule has 0 unspecified atom stereocenters. The van der Waals surface area contributed by atoms with Gasteiger partial charge in [-0.1, -0.05) is 153 Å². The highest BCUT2D eigenvalue weighted by molar-refractivity contribution is 6.17. The van der Waals surface area contributed by atoms with Gasteiger partial charge in [-0.3, -0.25) is 0 Å². The fourth-order valence-corrected chi connectivity index (χ4v) is 8.44. The first-order valence-corrected chi connectivity index (χ1v) is 17.7. The Morgan fingerprint density at radius 2 is 1.00 bits per heavy atom. The van der Waals surface area contributed by atoms with E-state index in [-0.39, 0.29) is 5.41 Å². The van der Waals surface area contributed by atoms with Crippen molar-refractivity contribution in [1.29, 1.82) is 0 Å². The zero-order chi connectivity index (χ0) is 34.1. The van der Waals surface area contributed by atoms with Crippen LogP contribution in [0, 0.1) is 0 Å². The monoisotopic (exact) mass is 653 g/mol. The number of furan rings is 1. The molecule has 1 heterocycles. The summed E-state index contributed by atoms with van der Waals surface area (Å²) in [6.45, 7) is 4.70. The third-order valence-electron chi connectivity index (χ3n) is 10.9. The third kappa shape index (κ3) is 4.50. The number of rotatable bonds is 5. The highest BCUT2D eigenvalue weighted by atomic mass is 16.3. The molecular weight excluding hydrogens is 619 g/mol. The maximum Gasteiger partial charge on any atom is 0.143 e. The third-order valence-corrected chi connectivity index (χ3v) is 10.9. The molecule has 8 aromatic carbocycles. The summed E-state index contributed by atoms with van der Waals surface area (Å²) in [6.07, 6.45) is 0. The minimum atomic E-state index is -0.101. The average Bonchev–Trinajstić information content (AvgIpc) is 3.68. The van der Waals surface area contributed by atoms with Gasteiger partial charge in [0.2, 0.25) is 0 Å². The minimum absolute atomic E-state index is 0.101. The molecule has 2 heteroatoms. The molecule has 0 N–H and O–H groups in total. The Bertz CT molecular complexity index is 2770. The highest BCUT2D eigenvalue weighted by Gasteiger charge is 2.37. The van der Waals surface area contributed by atoms with Crippen molar-refractivity contribution >= 4 is 49.8 Å². The normalized spacial score (nSPS) is 13.1. The summed E-state index contributed by atoms with van der Waals surface area (Å²) >= 11 is 0. The largest absolute Gasteiger partial charge is 0.455 e. The Morgan fingerprint density at radius 1 is 0.412 bits per heavy atom. The van der Waals surface area contributed by atoms with Gasteiger partial charge in [-0.15, -0.1) is 0 Å². The molecule has 0 bridgehead atoms. The second-order valence-corrected chi connectivity index (χ2v) is 14.1. The molecule has 0 saturated heterocycles. The number of nitrogens with zero attached hydrogens (tertiary/aromatic N) is 1. The lowest BCUT2D eigenvalue weighted by molar-refractivity contribution is 0.660. The molecule has 1 aromatic heterocycles. The molecule has 242 valence electrons. The molecule has 1 aliphatic rings. The van der Waals surface area contributed by atoms with Crippen LogP contribution in [0.4, 0.5) is 17.1 Å². The molecule has 51 heavy (non-hydrogen) atoms. The van der Waals surface area contributed by atoms with Gasteiger partial charge in [0, 0.05) is 38.4 Å². The van der Waals surface area contributed by atoms with Gasteiger partial charge in [0.25, 0.3) is 0 Å². The summed E-state index contributed by atoms with van der Waals surface area (Å²) in [7, 11) is 0. The van der Waals surface area contributed by atoms with Crippen molar-refractivity contribution in [1.82, 2.24) is 0 Å². The molecule has 0 fully saturated rings. The lowest BCUT2D eigenvalue weighted by Gasteiger charge is -2.30. The first kappa shape index (κ1) is 29.5. The summed E-state index contributed by atoms with van der Waals surface area (Å²) < 4.78 is 6.42. The molecule has 0 saturated carbocycles. The second-order valence-electron chi connectivity index (χ2n) is 14.1. The molecule has 0 amide bonds. The number of anilines is 3. The van der Waals surface area contributed by atoms with Crippen LogP contribution in [-0.4, -0.2) is 0 Å². The maximum absolute atomic E-state index is 6.42. The van der Waals surface area contributed by atoms with E-state index in [0.717, 1.165) is 38.7 Å². The first-order valence-electron chi connectivity index (χ1n) is 17.7. The van der Waals surface area contributed by atoms with Gasteiger partial charge in [-0.25, -0.2) is 0 Å². The van der Waals surface area contributed by atoms with Crippen molar-refractivity contribution in [3.63, 3.8) is 0 Å². The Labute approximate surface area is 297 Å². The molecule has 0 atom stereocenters. The topological polar surface area (TPSA) is 16.4 Å². The fraction of sp³-hybridized carbons (Fsp3) is 0.0612. The molecule has 0 aliphatic heterocycles. The number of benzene rings is 8. The SMILES string of the molecule is CC1(C)c2ccccc2-c2c(N(c3ccc(-c4cccc5c4ccc4c6ccccc6oc54)cc3)c3ccccc3-c3ccccc3)cccc21. The quantitative estimate of drug-likeness (QED) is 0.184. The highest BCUT2D eigenvalue weighted by Crippen LogP contribution is 2.55. The van der Waals surface area contributed by atoms with E-state index in [2.05, 4.69) is 183 Å². The minimum Gasteiger partial charge on any atom is -0.455 e. The van der Waals surface area contributed by atoms with Crippen LogP contribution < -0.4 is 4.90 Å². The van der Waals surface area contributed by atoms with Crippen LogP contribution in [0.5, 0.6) is 0 Å². The van der Waals surface area contributed by atoms with Crippen LogP contribution in [0.2, 0.25) is 0 Å². The van der Waals surface area contributed by atoms with Gasteiger partial charge in [0.05, 0.1) is 11.4 Å². The van der Waals surface area contributed by atoms with E-state index >= 15 is 0 Å². The predicted octanol–water partition coefficient (Wildman–Crippen LogP) is 13.8. The van der Waals surface area contributed by atoms with Crippen LogP contribution in [0.15, 0.2) is 180 Å². The van der Waals surface area contributed by atoms with Crippen LogP contribution >= 0.6 is 0 Å². The van der Waals surface area contributed by atoms with Crippen molar-refractivity contribution < 1.29 is 4.42 Å². The molecular formula is C49H35NO.